The molecule has 5 rings (SSSR count). The van der Waals surface area contributed by atoms with Gasteiger partial charge in [0, 0.05) is 35.3 Å². The third-order valence-corrected chi connectivity index (χ3v) is 6.60. The molecular weight excluding hydrogens is 442 g/mol. The van der Waals surface area contributed by atoms with Crippen LogP contribution in [0.4, 0.5) is 5.82 Å². The van der Waals surface area contributed by atoms with Gasteiger partial charge in [-0.3, -0.25) is 4.98 Å². The van der Waals surface area contributed by atoms with Crippen molar-refractivity contribution in [3.05, 3.63) is 52.4 Å². The second kappa shape index (κ2) is 7.94. The fourth-order valence-electron chi connectivity index (χ4n) is 4.03. The molecule has 1 aliphatic rings. The summed E-state index contributed by atoms with van der Waals surface area (Å²) >= 11 is 3.62. The van der Waals surface area contributed by atoms with Gasteiger partial charge in [0.25, 0.3) is 0 Å². The van der Waals surface area contributed by atoms with Gasteiger partial charge in [-0.15, -0.1) is 0 Å². The molecule has 8 heteroatoms. The van der Waals surface area contributed by atoms with Crippen LogP contribution < -0.4 is 16.4 Å². The Morgan fingerprint density at radius 3 is 2.90 bits per heavy atom. The topological polar surface area (TPSA) is 93.2 Å². The Morgan fingerprint density at radius 1 is 1.23 bits per heavy atom. The standard InChI is InChI=1S/C22H24BrN7/c1-13-2-3-18-14(8-13)9-15(10-27-18)17-11-28-30-21(24)20(23)19(29-22(17)30)12-26-16-4-6-25-7-5-16/h2-3,8-11,16,25-26H,4-7,12,24H2,1H3. The van der Waals surface area contributed by atoms with E-state index in [-0.39, 0.29) is 0 Å². The summed E-state index contributed by atoms with van der Waals surface area (Å²) in [7, 11) is 0. The normalized spacial score (nSPS) is 15.3. The van der Waals surface area contributed by atoms with Gasteiger partial charge < -0.3 is 16.4 Å². The van der Waals surface area contributed by atoms with E-state index < -0.39 is 0 Å². The second-order valence-electron chi connectivity index (χ2n) is 7.88. The van der Waals surface area contributed by atoms with E-state index in [1.165, 1.54) is 5.56 Å². The molecule has 30 heavy (non-hydrogen) atoms. The third-order valence-electron chi connectivity index (χ3n) is 5.74. The number of benzene rings is 1. The number of hydrogen-bond donors (Lipinski definition) is 3. The number of fused-ring (bicyclic) bond motifs is 2. The minimum Gasteiger partial charge on any atom is -0.383 e. The van der Waals surface area contributed by atoms with Gasteiger partial charge >= 0.3 is 0 Å². The number of rotatable bonds is 4. The fraction of sp³-hybridized carbons (Fsp3) is 0.318. The van der Waals surface area contributed by atoms with E-state index >= 15 is 0 Å². The van der Waals surface area contributed by atoms with Crippen molar-refractivity contribution in [2.75, 3.05) is 18.8 Å². The summed E-state index contributed by atoms with van der Waals surface area (Å²) in [6, 6.07) is 8.90. The highest BCUT2D eigenvalue weighted by atomic mass is 79.9. The number of nitrogens with two attached hydrogens (primary N) is 1. The summed E-state index contributed by atoms with van der Waals surface area (Å²) in [4.78, 5) is 9.54. The van der Waals surface area contributed by atoms with E-state index in [2.05, 4.69) is 61.8 Å². The largest absolute Gasteiger partial charge is 0.383 e. The van der Waals surface area contributed by atoms with Crippen LogP contribution >= 0.6 is 15.9 Å². The number of piperidine rings is 1. The van der Waals surface area contributed by atoms with E-state index in [1.54, 1.807) is 4.52 Å². The lowest BCUT2D eigenvalue weighted by molar-refractivity contribution is 0.384. The van der Waals surface area contributed by atoms with E-state index in [4.69, 9.17) is 10.7 Å². The first-order chi connectivity index (χ1) is 14.6. The van der Waals surface area contributed by atoms with Gasteiger partial charge in [0.1, 0.15) is 5.82 Å². The van der Waals surface area contributed by atoms with Crippen LogP contribution in [0.3, 0.4) is 0 Å². The summed E-state index contributed by atoms with van der Waals surface area (Å²) in [5, 5.41) is 12.6. The monoisotopic (exact) mass is 465 g/mol. The van der Waals surface area contributed by atoms with Crippen LogP contribution in [-0.2, 0) is 6.54 Å². The van der Waals surface area contributed by atoms with E-state index in [0.29, 0.717) is 18.4 Å². The molecule has 7 nitrogen and oxygen atoms in total. The minimum atomic E-state index is 0.495. The summed E-state index contributed by atoms with van der Waals surface area (Å²) in [5.74, 6) is 0.554. The average Bonchev–Trinajstić information content (AvgIpc) is 3.19. The van der Waals surface area contributed by atoms with Crippen LogP contribution in [0.1, 0.15) is 24.1 Å². The van der Waals surface area contributed by atoms with E-state index in [9.17, 15) is 0 Å². The first-order valence-corrected chi connectivity index (χ1v) is 11.0. The molecule has 4 heterocycles. The van der Waals surface area contributed by atoms with Crippen molar-refractivity contribution in [1.29, 1.82) is 0 Å². The van der Waals surface area contributed by atoms with Crippen LogP contribution in [0.25, 0.3) is 27.7 Å². The molecule has 0 saturated carbocycles. The van der Waals surface area contributed by atoms with Gasteiger partial charge in [-0.05, 0) is 67.0 Å². The van der Waals surface area contributed by atoms with Gasteiger partial charge in [0.2, 0.25) is 0 Å². The van der Waals surface area contributed by atoms with Gasteiger partial charge in [-0.25, -0.2) is 4.98 Å². The van der Waals surface area contributed by atoms with Crippen molar-refractivity contribution in [3.8, 4) is 11.1 Å². The van der Waals surface area contributed by atoms with Crippen molar-refractivity contribution in [3.63, 3.8) is 0 Å². The van der Waals surface area contributed by atoms with Crippen molar-refractivity contribution >= 4 is 38.3 Å². The number of hydrogen-bond acceptors (Lipinski definition) is 6. The number of nitrogens with one attached hydrogen (secondary N) is 2. The number of nitrogens with zero attached hydrogens (tertiary/aromatic N) is 4. The Kier molecular flexibility index (Phi) is 5.14. The summed E-state index contributed by atoms with van der Waals surface area (Å²) in [6.07, 6.45) is 5.93. The zero-order chi connectivity index (χ0) is 20.7. The molecule has 1 aliphatic heterocycles. The summed E-state index contributed by atoms with van der Waals surface area (Å²) < 4.78 is 2.48. The molecule has 3 aromatic heterocycles. The van der Waals surface area contributed by atoms with Gasteiger partial charge in [0.05, 0.1) is 21.9 Å². The molecule has 0 spiro atoms. The highest BCUT2D eigenvalue weighted by Gasteiger charge is 2.18. The quantitative estimate of drug-likeness (QED) is 0.427. The van der Waals surface area contributed by atoms with Crippen LogP contribution in [0.2, 0.25) is 0 Å². The molecular formula is C22H24BrN7. The van der Waals surface area contributed by atoms with Crippen molar-refractivity contribution in [2.45, 2.75) is 32.4 Å². The number of nitrogen functional groups attached to an aromatic ring is 1. The minimum absolute atomic E-state index is 0.495. The van der Waals surface area contributed by atoms with Crippen LogP contribution in [0.5, 0.6) is 0 Å². The van der Waals surface area contributed by atoms with Crippen molar-refractivity contribution in [2.24, 2.45) is 0 Å². The molecule has 1 fully saturated rings. The maximum absolute atomic E-state index is 6.39. The highest BCUT2D eigenvalue weighted by molar-refractivity contribution is 9.10. The SMILES string of the molecule is Cc1ccc2ncc(-c3cnn4c(N)c(Br)c(CNC5CCNCC5)nc34)cc2c1. The molecule has 0 aliphatic carbocycles. The molecule has 1 saturated heterocycles. The van der Waals surface area contributed by atoms with Gasteiger partial charge in [0.15, 0.2) is 5.65 Å². The fourth-order valence-corrected chi connectivity index (χ4v) is 4.43. The molecule has 0 radical (unpaired) electrons. The smallest absolute Gasteiger partial charge is 0.165 e. The second-order valence-corrected chi connectivity index (χ2v) is 8.67. The number of anilines is 1. The first-order valence-electron chi connectivity index (χ1n) is 10.2. The molecule has 0 bridgehead atoms. The first kappa shape index (κ1) is 19.4. The van der Waals surface area contributed by atoms with Crippen LogP contribution in [0.15, 0.2) is 41.1 Å². The predicted molar refractivity (Wildman–Crippen MR) is 123 cm³/mol. The number of aromatic nitrogens is 4. The Morgan fingerprint density at radius 2 is 2.07 bits per heavy atom. The van der Waals surface area contributed by atoms with Gasteiger partial charge in [-0.2, -0.15) is 9.61 Å². The zero-order valence-electron chi connectivity index (χ0n) is 16.8. The lowest BCUT2D eigenvalue weighted by Gasteiger charge is -2.24. The molecule has 4 aromatic rings. The maximum atomic E-state index is 6.39. The molecule has 1 aromatic carbocycles. The molecule has 0 amide bonds. The van der Waals surface area contributed by atoms with E-state index in [0.717, 1.165) is 63.8 Å². The predicted octanol–water partition coefficient (Wildman–Crippen LogP) is 3.44. The summed E-state index contributed by atoms with van der Waals surface area (Å²) in [6.45, 7) is 4.85. The Labute approximate surface area is 183 Å². The number of aryl methyl sites for hydroxylation is 1. The van der Waals surface area contributed by atoms with Crippen molar-refractivity contribution < 1.29 is 0 Å². The number of halogens is 1. The Balaban J connectivity index is 1.54. The molecule has 154 valence electrons. The molecule has 0 atom stereocenters. The highest BCUT2D eigenvalue weighted by Crippen LogP contribution is 2.31. The van der Waals surface area contributed by atoms with E-state index in [1.807, 2.05) is 18.5 Å². The Bertz CT molecular complexity index is 1230. The maximum Gasteiger partial charge on any atom is 0.165 e. The number of pyridine rings is 1. The lowest BCUT2D eigenvalue weighted by Crippen LogP contribution is -2.39. The molecule has 4 N–H and O–H groups in total. The Hall–Kier alpha value is -2.55. The summed E-state index contributed by atoms with van der Waals surface area (Å²) in [5.41, 5.74) is 12.1. The van der Waals surface area contributed by atoms with Crippen LogP contribution in [-0.4, -0.2) is 38.7 Å². The average molecular weight is 466 g/mol. The van der Waals surface area contributed by atoms with Crippen molar-refractivity contribution in [1.82, 2.24) is 30.2 Å². The van der Waals surface area contributed by atoms with Crippen LogP contribution in [0, 0.1) is 6.92 Å². The molecule has 0 unspecified atom stereocenters. The third kappa shape index (κ3) is 3.55. The zero-order valence-corrected chi connectivity index (χ0v) is 18.4. The van der Waals surface area contributed by atoms with Gasteiger partial charge in [-0.1, -0.05) is 11.6 Å². The lowest BCUT2D eigenvalue weighted by atomic mass is 10.1.